The Balaban J connectivity index is 2.11. The highest BCUT2D eigenvalue weighted by atomic mass is 19.1. The summed E-state index contributed by atoms with van der Waals surface area (Å²) in [6.07, 6.45) is 0. The lowest BCUT2D eigenvalue weighted by Gasteiger charge is -2.18. The zero-order chi connectivity index (χ0) is 12.5. The van der Waals surface area contributed by atoms with Crippen LogP contribution in [0.15, 0.2) is 24.3 Å². The molecule has 0 aliphatic carbocycles. The van der Waals surface area contributed by atoms with Crippen LogP contribution in [-0.4, -0.2) is 21.2 Å². The number of rotatable bonds is 2. The van der Waals surface area contributed by atoms with Crippen molar-refractivity contribution in [1.29, 1.82) is 0 Å². The van der Waals surface area contributed by atoms with Gasteiger partial charge in [-0.25, -0.2) is 9.37 Å². The van der Waals surface area contributed by atoms with Crippen LogP contribution in [0.1, 0.15) is 11.4 Å². The van der Waals surface area contributed by atoms with E-state index in [0.29, 0.717) is 12.2 Å². The summed E-state index contributed by atoms with van der Waals surface area (Å²) in [5.41, 5.74) is 2.59. The molecule has 2 heterocycles. The molecule has 3 rings (SSSR count). The number of nitrogens with one attached hydrogen (secondary N) is 1. The van der Waals surface area contributed by atoms with Crippen LogP contribution in [0.2, 0.25) is 0 Å². The Labute approximate surface area is 104 Å². The highest BCUT2D eigenvalue weighted by molar-refractivity contribution is 5.57. The summed E-state index contributed by atoms with van der Waals surface area (Å²) in [5.74, 6) is 0.545. The first-order chi connectivity index (χ1) is 8.79. The summed E-state index contributed by atoms with van der Waals surface area (Å²) in [6, 6.07) is 6.29. The second-order valence-corrected chi connectivity index (χ2v) is 4.32. The molecule has 5 heteroatoms. The number of aliphatic hydroxyl groups is 1. The van der Waals surface area contributed by atoms with E-state index in [1.165, 1.54) is 12.1 Å². The van der Waals surface area contributed by atoms with Crippen LogP contribution < -0.4 is 5.32 Å². The molecule has 0 radical (unpaired) electrons. The molecule has 0 saturated heterocycles. The first-order valence-corrected chi connectivity index (χ1v) is 5.95. The number of benzene rings is 1. The Bertz CT molecular complexity index is 562. The Morgan fingerprint density at radius 2 is 2.11 bits per heavy atom. The molecule has 94 valence electrons. The Morgan fingerprint density at radius 1 is 1.33 bits per heavy atom. The normalized spacial score (nSPS) is 14.6. The Hall–Kier alpha value is -1.72. The Morgan fingerprint density at radius 3 is 2.83 bits per heavy atom. The molecule has 0 unspecified atom stereocenters. The zero-order valence-electron chi connectivity index (χ0n) is 9.86. The van der Waals surface area contributed by atoms with Gasteiger partial charge in [-0.15, -0.1) is 0 Å². The summed E-state index contributed by atoms with van der Waals surface area (Å²) >= 11 is 0. The molecular formula is C13H14FN3O. The molecule has 1 aliphatic rings. The number of fused-ring (bicyclic) bond motifs is 1. The number of hydrogen-bond acceptors (Lipinski definition) is 3. The van der Waals surface area contributed by atoms with Gasteiger partial charge in [-0.05, 0) is 24.3 Å². The van der Waals surface area contributed by atoms with Gasteiger partial charge in [0.25, 0.3) is 0 Å². The standard InChI is InChI=1S/C13H14FN3O/c14-10-3-1-9(2-4-10)13-16-11(8-18)12-7-15-5-6-17(12)13/h1-4,15,18H,5-8H2. The van der Waals surface area contributed by atoms with E-state index in [9.17, 15) is 9.50 Å². The van der Waals surface area contributed by atoms with Crippen molar-refractivity contribution in [2.75, 3.05) is 6.54 Å². The Kier molecular flexibility index (Phi) is 2.85. The van der Waals surface area contributed by atoms with Crippen molar-refractivity contribution in [3.63, 3.8) is 0 Å². The minimum atomic E-state index is -0.256. The molecule has 0 fully saturated rings. The third-order valence-electron chi connectivity index (χ3n) is 3.21. The van der Waals surface area contributed by atoms with Crippen molar-refractivity contribution in [3.8, 4) is 11.4 Å². The summed E-state index contributed by atoms with van der Waals surface area (Å²) in [4.78, 5) is 4.46. The lowest BCUT2D eigenvalue weighted by Crippen LogP contribution is -2.28. The predicted molar refractivity (Wildman–Crippen MR) is 65.3 cm³/mol. The quantitative estimate of drug-likeness (QED) is 0.840. The van der Waals surface area contributed by atoms with Crippen LogP contribution in [0.3, 0.4) is 0 Å². The number of aromatic nitrogens is 2. The molecule has 0 bridgehead atoms. The predicted octanol–water partition coefficient (Wildman–Crippen LogP) is 1.28. The third kappa shape index (κ3) is 1.81. The van der Waals surface area contributed by atoms with Crippen molar-refractivity contribution in [3.05, 3.63) is 41.5 Å². The average Bonchev–Trinajstić information content (AvgIpc) is 2.79. The van der Waals surface area contributed by atoms with Gasteiger partial charge in [0.2, 0.25) is 0 Å². The lowest BCUT2D eigenvalue weighted by molar-refractivity contribution is 0.275. The molecule has 1 aromatic heterocycles. The molecule has 0 spiro atoms. The van der Waals surface area contributed by atoms with Crippen LogP contribution >= 0.6 is 0 Å². The number of halogens is 1. The molecule has 2 N–H and O–H groups in total. The van der Waals surface area contributed by atoms with Crippen LogP contribution in [-0.2, 0) is 19.7 Å². The van der Waals surface area contributed by atoms with Gasteiger partial charge < -0.3 is 15.0 Å². The van der Waals surface area contributed by atoms with Gasteiger partial charge in [0.15, 0.2) is 0 Å². The smallest absolute Gasteiger partial charge is 0.140 e. The lowest BCUT2D eigenvalue weighted by atomic mass is 10.2. The van der Waals surface area contributed by atoms with Gasteiger partial charge in [0.1, 0.15) is 11.6 Å². The van der Waals surface area contributed by atoms with Crippen LogP contribution in [0.5, 0.6) is 0 Å². The van der Waals surface area contributed by atoms with Crippen molar-refractivity contribution in [2.45, 2.75) is 19.7 Å². The molecule has 1 aliphatic heterocycles. The van der Waals surface area contributed by atoms with Crippen LogP contribution in [0.4, 0.5) is 4.39 Å². The molecule has 4 nitrogen and oxygen atoms in total. The highest BCUT2D eigenvalue weighted by Gasteiger charge is 2.19. The van der Waals surface area contributed by atoms with Crippen LogP contribution in [0.25, 0.3) is 11.4 Å². The van der Waals surface area contributed by atoms with Gasteiger partial charge in [0.05, 0.1) is 18.0 Å². The average molecular weight is 247 g/mol. The number of imidazole rings is 1. The second kappa shape index (κ2) is 4.51. The van der Waals surface area contributed by atoms with E-state index in [0.717, 1.165) is 30.2 Å². The molecule has 0 amide bonds. The SMILES string of the molecule is OCc1nc(-c2ccc(F)cc2)n2c1CNCC2. The molecule has 0 atom stereocenters. The molecule has 18 heavy (non-hydrogen) atoms. The number of aliphatic hydroxyl groups excluding tert-OH is 1. The first kappa shape index (κ1) is 11.4. The molecule has 2 aromatic rings. The summed E-state index contributed by atoms with van der Waals surface area (Å²) < 4.78 is 15.0. The molecule has 1 aromatic carbocycles. The monoisotopic (exact) mass is 247 g/mol. The van der Waals surface area contributed by atoms with Crippen molar-refractivity contribution in [1.82, 2.24) is 14.9 Å². The van der Waals surface area contributed by atoms with E-state index < -0.39 is 0 Å². The van der Waals surface area contributed by atoms with Gasteiger partial charge in [-0.3, -0.25) is 0 Å². The summed E-state index contributed by atoms with van der Waals surface area (Å²) in [6.45, 7) is 2.33. The fourth-order valence-corrected chi connectivity index (χ4v) is 2.32. The summed E-state index contributed by atoms with van der Waals surface area (Å²) in [5, 5.41) is 12.6. The van der Waals surface area contributed by atoms with Gasteiger partial charge >= 0.3 is 0 Å². The fourth-order valence-electron chi connectivity index (χ4n) is 2.32. The maximum absolute atomic E-state index is 12.9. The highest BCUT2D eigenvalue weighted by Crippen LogP contribution is 2.24. The van der Waals surface area contributed by atoms with E-state index in [-0.39, 0.29) is 12.4 Å². The minimum absolute atomic E-state index is 0.0712. The first-order valence-electron chi connectivity index (χ1n) is 5.95. The van der Waals surface area contributed by atoms with E-state index in [1.54, 1.807) is 12.1 Å². The van der Waals surface area contributed by atoms with Gasteiger partial charge in [-0.2, -0.15) is 0 Å². The van der Waals surface area contributed by atoms with Crippen molar-refractivity contribution < 1.29 is 9.50 Å². The molecule has 0 saturated carbocycles. The molecular weight excluding hydrogens is 233 g/mol. The second-order valence-electron chi connectivity index (χ2n) is 4.32. The van der Waals surface area contributed by atoms with E-state index in [4.69, 9.17) is 0 Å². The number of hydrogen-bond donors (Lipinski definition) is 2. The van der Waals surface area contributed by atoms with E-state index in [1.807, 2.05) is 0 Å². The third-order valence-corrected chi connectivity index (χ3v) is 3.21. The van der Waals surface area contributed by atoms with E-state index >= 15 is 0 Å². The van der Waals surface area contributed by atoms with Gasteiger partial charge in [0, 0.05) is 25.2 Å². The number of nitrogens with zero attached hydrogens (tertiary/aromatic N) is 2. The van der Waals surface area contributed by atoms with Crippen molar-refractivity contribution >= 4 is 0 Å². The largest absolute Gasteiger partial charge is 0.390 e. The zero-order valence-corrected chi connectivity index (χ0v) is 9.86. The van der Waals surface area contributed by atoms with Crippen molar-refractivity contribution in [2.24, 2.45) is 0 Å². The minimum Gasteiger partial charge on any atom is -0.390 e. The fraction of sp³-hybridized carbons (Fsp3) is 0.308. The summed E-state index contributed by atoms with van der Waals surface area (Å²) in [7, 11) is 0. The topological polar surface area (TPSA) is 50.1 Å². The van der Waals surface area contributed by atoms with E-state index in [2.05, 4.69) is 14.9 Å². The maximum Gasteiger partial charge on any atom is 0.140 e. The van der Waals surface area contributed by atoms with Crippen LogP contribution in [0, 0.1) is 5.82 Å². The van der Waals surface area contributed by atoms with Gasteiger partial charge in [-0.1, -0.05) is 0 Å². The maximum atomic E-state index is 12.9.